The maximum Gasteiger partial charge on any atom is 0.0914 e. The molecule has 2 nitrogen and oxygen atoms in total. The fourth-order valence-corrected chi connectivity index (χ4v) is 1.62. The lowest BCUT2D eigenvalue weighted by Crippen LogP contribution is -2.27. The van der Waals surface area contributed by atoms with Crippen LogP contribution in [0.25, 0.3) is 0 Å². The van der Waals surface area contributed by atoms with E-state index in [9.17, 15) is 0 Å². The summed E-state index contributed by atoms with van der Waals surface area (Å²) < 4.78 is 0. The third-order valence-corrected chi connectivity index (χ3v) is 2.58. The minimum Gasteiger partial charge on any atom is -0.364 e. The van der Waals surface area contributed by atoms with E-state index in [1.54, 1.807) is 11.8 Å². The third kappa shape index (κ3) is 2.75. The predicted molar refractivity (Wildman–Crippen MR) is 55.6 cm³/mol. The van der Waals surface area contributed by atoms with Crippen LogP contribution in [0.15, 0.2) is 36.7 Å². The number of nitrogens with two attached hydrogens (primary N) is 1. The average Bonchev–Trinajstić information content (AvgIpc) is 2.15. The summed E-state index contributed by atoms with van der Waals surface area (Å²) in [7, 11) is 0. The van der Waals surface area contributed by atoms with Crippen molar-refractivity contribution in [1.82, 2.24) is 5.32 Å². The van der Waals surface area contributed by atoms with Crippen molar-refractivity contribution in [2.75, 3.05) is 5.75 Å². The largest absolute Gasteiger partial charge is 0.364 e. The van der Waals surface area contributed by atoms with E-state index < -0.39 is 0 Å². The molecule has 0 aromatic rings. The highest BCUT2D eigenvalue weighted by Crippen LogP contribution is 2.14. The normalized spacial score (nSPS) is 17.9. The van der Waals surface area contributed by atoms with Gasteiger partial charge in [0.25, 0.3) is 0 Å². The van der Waals surface area contributed by atoms with Crippen molar-refractivity contribution in [2.45, 2.75) is 11.8 Å². The van der Waals surface area contributed by atoms with Gasteiger partial charge < -0.3 is 11.1 Å². The lowest BCUT2D eigenvalue weighted by molar-refractivity contribution is 0.897. The minimum atomic E-state index is 0.0490. The molecule has 12 heavy (non-hydrogen) atoms. The maximum absolute atomic E-state index is 5.88. The van der Waals surface area contributed by atoms with Gasteiger partial charge in [-0.2, -0.15) is 0 Å². The van der Waals surface area contributed by atoms with E-state index in [0.29, 0.717) is 0 Å². The van der Waals surface area contributed by atoms with Crippen LogP contribution < -0.4 is 11.1 Å². The van der Waals surface area contributed by atoms with Crippen molar-refractivity contribution in [3.63, 3.8) is 0 Å². The predicted octanol–water partition coefficient (Wildman–Crippen LogP) is 1.58. The van der Waals surface area contributed by atoms with Crippen molar-refractivity contribution in [3.8, 4) is 0 Å². The molecule has 0 saturated carbocycles. The van der Waals surface area contributed by atoms with Gasteiger partial charge in [0, 0.05) is 11.4 Å². The van der Waals surface area contributed by atoms with E-state index in [-0.39, 0.29) is 5.37 Å². The third-order valence-electron chi connectivity index (χ3n) is 1.54. The van der Waals surface area contributed by atoms with Crippen molar-refractivity contribution >= 4 is 11.8 Å². The molecule has 0 amide bonds. The highest BCUT2D eigenvalue weighted by Gasteiger charge is 2.08. The Bertz CT molecular complexity index is 209. The zero-order valence-electron chi connectivity index (χ0n) is 6.99. The SMILES string of the molecule is C=CCSC(N)C1=CCC=CN1. The summed E-state index contributed by atoms with van der Waals surface area (Å²) in [6.07, 6.45) is 8.95. The van der Waals surface area contributed by atoms with Crippen LogP contribution in [0.2, 0.25) is 0 Å². The zero-order valence-corrected chi connectivity index (χ0v) is 7.81. The molecule has 1 aliphatic rings. The van der Waals surface area contributed by atoms with Crippen LogP contribution >= 0.6 is 11.8 Å². The van der Waals surface area contributed by atoms with Gasteiger partial charge in [0.05, 0.1) is 5.37 Å². The van der Waals surface area contributed by atoms with Gasteiger partial charge in [0.1, 0.15) is 0 Å². The molecule has 0 saturated heterocycles. The molecule has 0 fully saturated rings. The molecule has 1 unspecified atom stereocenters. The summed E-state index contributed by atoms with van der Waals surface area (Å²) in [6, 6.07) is 0. The maximum atomic E-state index is 5.88. The molecule has 66 valence electrons. The Kier molecular flexibility index (Phi) is 3.97. The van der Waals surface area contributed by atoms with Crippen LogP contribution in [0.3, 0.4) is 0 Å². The molecule has 0 aromatic carbocycles. The first-order chi connectivity index (χ1) is 5.84. The Morgan fingerprint density at radius 2 is 2.67 bits per heavy atom. The average molecular weight is 182 g/mol. The lowest BCUT2D eigenvalue weighted by Gasteiger charge is -2.16. The zero-order chi connectivity index (χ0) is 8.81. The smallest absolute Gasteiger partial charge is 0.0914 e. The Morgan fingerprint density at radius 3 is 3.25 bits per heavy atom. The van der Waals surface area contributed by atoms with Crippen molar-refractivity contribution < 1.29 is 0 Å². The minimum absolute atomic E-state index is 0.0490. The van der Waals surface area contributed by atoms with Gasteiger partial charge in [-0.25, -0.2) is 0 Å². The van der Waals surface area contributed by atoms with Crippen LogP contribution in [-0.2, 0) is 0 Å². The first-order valence-corrected chi connectivity index (χ1v) is 4.99. The van der Waals surface area contributed by atoms with Crippen LogP contribution in [0.4, 0.5) is 0 Å². The van der Waals surface area contributed by atoms with E-state index in [0.717, 1.165) is 17.9 Å². The monoisotopic (exact) mass is 182 g/mol. The number of thioether (sulfide) groups is 1. The molecule has 1 heterocycles. The highest BCUT2D eigenvalue weighted by atomic mass is 32.2. The highest BCUT2D eigenvalue weighted by molar-refractivity contribution is 8.00. The molecular formula is C9H14N2S. The first-order valence-electron chi connectivity index (χ1n) is 3.94. The summed E-state index contributed by atoms with van der Waals surface area (Å²) in [5.41, 5.74) is 6.99. The van der Waals surface area contributed by atoms with E-state index in [4.69, 9.17) is 5.73 Å². The summed E-state index contributed by atoms with van der Waals surface area (Å²) in [5, 5.41) is 3.18. The standard InChI is InChI=1S/C9H14N2S/c1-2-7-12-9(10)8-5-3-4-6-11-8/h2,4-6,9,11H,1,3,7,10H2. The molecule has 1 aliphatic heterocycles. The van der Waals surface area contributed by atoms with Crippen LogP contribution in [0, 0.1) is 0 Å². The van der Waals surface area contributed by atoms with E-state index in [1.807, 2.05) is 12.3 Å². The van der Waals surface area contributed by atoms with Crippen LogP contribution in [0.1, 0.15) is 6.42 Å². The second-order valence-corrected chi connectivity index (χ2v) is 3.66. The number of hydrogen-bond donors (Lipinski definition) is 2. The molecule has 0 spiro atoms. The summed E-state index contributed by atoms with van der Waals surface area (Å²) in [4.78, 5) is 0. The second kappa shape index (κ2) is 5.06. The summed E-state index contributed by atoms with van der Waals surface area (Å²) >= 11 is 1.68. The number of nitrogens with one attached hydrogen (secondary N) is 1. The van der Waals surface area contributed by atoms with Crippen molar-refractivity contribution in [1.29, 1.82) is 0 Å². The van der Waals surface area contributed by atoms with Gasteiger partial charge in [-0.15, -0.1) is 18.3 Å². The fourth-order valence-electron chi connectivity index (χ4n) is 0.937. The fraction of sp³-hybridized carbons (Fsp3) is 0.333. The van der Waals surface area contributed by atoms with Gasteiger partial charge in [0.2, 0.25) is 0 Å². The molecule has 0 aliphatic carbocycles. The number of hydrogen-bond acceptors (Lipinski definition) is 3. The number of allylic oxidation sites excluding steroid dienone is 2. The topological polar surface area (TPSA) is 38.0 Å². The van der Waals surface area contributed by atoms with Gasteiger partial charge in [-0.05, 0) is 12.6 Å². The lowest BCUT2D eigenvalue weighted by atomic mass is 10.2. The van der Waals surface area contributed by atoms with Crippen LogP contribution in [-0.4, -0.2) is 11.1 Å². The van der Waals surface area contributed by atoms with E-state index in [2.05, 4.69) is 24.0 Å². The quantitative estimate of drug-likeness (QED) is 0.512. The Labute approximate surface area is 77.6 Å². The summed E-state index contributed by atoms with van der Waals surface area (Å²) in [5.74, 6) is 0.893. The van der Waals surface area contributed by atoms with Gasteiger partial charge in [0.15, 0.2) is 0 Å². The molecule has 3 heteroatoms. The van der Waals surface area contributed by atoms with E-state index in [1.165, 1.54) is 0 Å². The second-order valence-electron chi connectivity index (χ2n) is 2.48. The molecular weight excluding hydrogens is 168 g/mol. The van der Waals surface area contributed by atoms with Crippen molar-refractivity contribution in [2.24, 2.45) is 5.73 Å². The number of rotatable bonds is 4. The molecule has 1 rings (SSSR count). The van der Waals surface area contributed by atoms with Crippen LogP contribution in [0.5, 0.6) is 0 Å². The molecule has 0 aromatic heterocycles. The van der Waals surface area contributed by atoms with Crippen molar-refractivity contribution in [3.05, 3.63) is 36.7 Å². The Morgan fingerprint density at radius 1 is 1.83 bits per heavy atom. The summed E-state index contributed by atoms with van der Waals surface area (Å²) in [6.45, 7) is 3.65. The van der Waals surface area contributed by atoms with Gasteiger partial charge in [-0.1, -0.05) is 18.2 Å². The Hall–Kier alpha value is -0.670. The molecule has 0 radical (unpaired) electrons. The first kappa shape index (κ1) is 9.42. The van der Waals surface area contributed by atoms with Gasteiger partial charge >= 0.3 is 0 Å². The molecule has 0 bridgehead atoms. The van der Waals surface area contributed by atoms with E-state index >= 15 is 0 Å². The van der Waals surface area contributed by atoms with Gasteiger partial charge in [-0.3, -0.25) is 0 Å². The number of dihydropyridines is 1. The molecule has 1 atom stereocenters. The Balaban J connectivity index is 2.35. The molecule has 3 N–H and O–H groups in total.